The summed E-state index contributed by atoms with van der Waals surface area (Å²) in [6, 6.07) is 9.25. The molecule has 0 spiro atoms. The van der Waals surface area contributed by atoms with Crippen LogP contribution in [0, 0.1) is 5.92 Å². The molecule has 0 saturated heterocycles. The summed E-state index contributed by atoms with van der Waals surface area (Å²) in [6.45, 7) is 0.953. The van der Waals surface area contributed by atoms with E-state index >= 15 is 0 Å². The number of benzene rings is 1. The summed E-state index contributed by atoms with van der Waals surface area (Å²) in [5, 5.41) is 11.3. The van der Waals surface area contributed by atoms with E-state index in [1.165, 1.54) is 6.42 Å². The van der Waals surface area contributed by atoms with Crippen molar-refractivity contribution in [3.63, 3.8) is 0 Å². The second-order valence-electron chi connectivity index (χ2n) is 6.41. The van der Waals surface area contributed by atoms with Gasteiger partial charge in [0.05, 0.1) is 0 Å². The molecule has 1 unspecified atom stereocenters. The third-order valence-electron chi connectivity index (χ3n) is 4.49. The van der Waals surface area contributed by atoms with Crippen LogP contribution < -0.4 is 0 Å². The minimum atomic E-state index is -1.52. The molecule has 1 aliphatic carbocycles. The maximum Gasteiger partial charge on any atom is 0.343 e. The topological polar surface area (TPSA) is 49.8 Å². The Morgan fingerprint density at radius 2 is 1.83 bits per heavy atom. The third-order valence-corrected chi connectivity index (χ3v) is 4.49. The van der Waals surface area contributed by atoms with Gasteiger partial charge in [-0.15, -0.1) is 12.4 Å². The van der Waals surface area contributed by atoms with Gasteiger partial charge in [-0.3, -0.25) is 0 Å². The van der Waals surface area contributed by atoms with E-state index in [2.05, 4.69) is 0 Å². The van der Waals surface area contributed by atoms with E-state index in [4.69, 9.17) is 4.74 Å². The lowest BCUT2D eigenvalue weighted by Crippen LogP contribution is -2.45. The van der Waals surface area contributed by atoms with Crippen molar-refractivity contribution in [1.82, 2.24) is 4.90 Å². The molecule has 1 atom stereocenters. The van der Waals surface area contributed by atoms with Gasteiger partial charge >= 0.3 is 5.97 Å². The average molecular weight is 342 g/mol. The Morgan fingerprint density at radius 1 is 1.22 bits per heavy atom. The largest absolute Gasteiger partial charge is 0.462 e. The van der Waals surface area contributed by atoms with E-state index in [9.17, 15) is 9.90 Å². The Labute approximate surface area is 145 Å². The number of carbonyl (C=O) groups is 1. The molecular weight excluding hydrogens is 314 g/mol. The van der Waals surface area contributed by atoms with Crippen molar-refractivity contribution in [3.8, 4) is 0 Å². The number of likely N-dealkylation sites (N-methyl/N-ethyl adjacent to an activating group) is 1. The van der Waals surface area contributed by atoms with Crippen LogP contribution in [0.4, 0.5) is 0 Å². The Bertz CT molecular complexity index is 474. The van der Waals surface area contributed by atoms with Crippen LogP contribution in [0.1, 0.15) is 37.7 Å². The molecule has 0 heterocycles. The van der Waals surface area contributed by atoms with Gasteiger partial charge < -0.3 is 14.7 Å². The molecule has 1 fully saturated rings. The lowest BCUT2D eigenvalue weighted by atomic mass is 9.73. The highest BCUT2D eigenvalue weighted by atomic mass is 35.5. The summed E-state index contributed by atoms with van der Waals surface area (Å²) in [7, 11) is 3.86. The third kappa shape index (κ3) is 4.93. The van der Waals surface area contributed by atoms with Gasteiger partial charge in [0.1, 0.15) is 6.61 Å². The maximum absolute atomic E-state index is 12.7. The summed E-state index contributed by atoms with van der Waals surface area (Å²) in [5.41, 5.74) is -0.870. The van der Waals surface area contributed by atoms with Gasteiger partial charge in [0.15, 0.2) is 5.60 Å². The molecule has 0 aliphatic heterocycles. The zero-order valence-electron chi connectivity index (χ0n) is 14.0. The molecule has 5 heteroatoms. The molecule has 0 aromatic heterocycles. The first-order chi connectivity index (χ1) is 10.5. The average Bonchev–Trinajstić information content (AvgIpc) is 2.55. The quantitative estimate of drug-likeness (QED) is 0.808. The molecule has 0 bridgehead atoms. The molecular formula is C18H28ClNO3. The van der Waals surface area contributed by atoms with Crippen LogP contribution >= 0.6 is 12.4 Å². The van der Waals surface area contributed by atoms with Crippen LogP contribution in [-0.2, 0) is 15.1 Å². The van der Waals surface area contributed by atoms with Crippen LogP contribution in [0.5, 0.6) is 0 Å². The zero-order valence-corrected chi connectivity index (χ0v) is 14.8. The van der Waals surface area contributed by atoms with Crippen LogP contribution in [-0.4, -0.2) is 43.2 Å². The van der Waals surface area contributed by atoms with E-state index in [0.29, 0.717) is 18.7 Å². The van der Waals surface area contributed by atoms with Gasteiger partial charge in [0.25, 0.3) is 0 Å². The van der Waals surface area contributed by atoms with Gasteiger partial charge in [-0.2, -0.15) is 0 Å². The SMILES string of the molecule is CN(C)CCOC(=O)C(O)(c1ccccc1)C1CCCCC1.Cl. The first kappa shape index (κ1) is 19.9. The highest BCUT2D eigenvalue weighted by molar-refractivity contribution is 5.85. The Balaban J connectivity index is 0.00000264. The minimum absolute atomic E-state index is 0. The molecule has 2 rings (SSSR count). The van der Waals surface area contributed by atoms with E-state index in [1.807, 2.05) is 49.3 Å². The van der Waals surface area contributed by atoms with Crippen LogP contribution in [0.2, 0.25) is 0 Å². The van der Waals surface area contributed by atoms with Crippen molar-refractivity contribution < 1.29 is 14.6 Å². The predicted octanol–water partition coefficient (Wildman–Crippen LogP) is 2.98. The number of rotatable bonds is 6. The number of hydrogen-bond donors (Lipinski definition) is 1. The summed E-state index contributed by atoms with van der Waals surface area (Å²) >= 11 is 0. The van der Waals surface area contributed by atoms with Gasteiger partial charge in [0, 0.05) is 12.5 Å². The fourth-order valence-electron chi connectivity index (χ4n) is 3.16. The number of carbonyl (C=O) groups excluding carboxylic acids is 1. The standard InChI is InChI=1S/C18H27NO3.ClH/c1-19(2)13-14-22-17(20)18(21,15-9-5-3-6-10-15)16-11-7-4-8-12-16;/h3,5-6,9-10,16,21H,4,7-8,11-14H2,1-2H3;1H. The van der Waals surface area contributed by atoms with Crippen molar-refractivity contribution in [1.29, 1.82) is 0 Å². The molecule has 1 N–H and O–H groups in total. The summed E-state index contributed by atoms with van der Waals surface area (Å²) in [4.78, 5) is 14.6. The second kappa shape index (κ2) is 9.26. The van der Waals surface area contributed by atoms with Crippen LogP contribution in [0.15, 0.2) is 30.3 Å². The van der Waals surface area contributed by atoms with Crippen LogP contribution in [0.3, 0.4) is 0 Å². The van der Waals surface area contributed by atoms with Crippen LogP contribution in [0.25, 0.3) is 0 Å². The minimum Gasteiger partial charge on any atom is -0.462 e. The van der Waals surface area contributed by atoms with Gasteiger partial charge in [-0.1, -0.05) is 49.6 Å². The molecule has 130 valence electrons. The molecule has 4 nitrogen and oxygen atoms in total. The summed E-state index contributed by atoms with van der Waals surface area (Å²) in [5.74, 6) is -0.567. The van der Waals surface area contributed by atoms with Gasteiger partial charge in [0.2, 0.25) is 0 Å². The Hall–Kier alpha value is -1.10. The first-order valence-electron chi connectivity index (χ1n) is 8.15. The van der Waals surface area contributed by atoms with Gasteiger partial charge in [-0.05, 0) is 32.5 Å². The molecule has 1 aromatic rings. The van der Waals surface area contributed by atoms with E-state index in [1.54, 1.807) is 0 Å². The number of esters is 1. The predicted molar refractivity (Wildman–Crippen MR) is 93.7 cm³/mol. The number of hydrogen-bond acceptors (Lipinski definition) is 4. The molecule has 0 amide bonds. The highest BCUT2D eigenvalue weighted by Gasteiger charge is 2.46. The number of ether oxygens (including phenoxy) is 1. The fourth-order valence-corrected chi connectivity index (χ4v) is 3.16. The van der Waals surface area contributed by atoms with Crippen molar-refractivity contribution in [2.45, 2.75) is 37.7 Å². The molecule has 1 aliphatic rings. The number of aliphatic hydroxyl groups is 1. The van der Waals surface area contributed by atoms with E-state index < -0.39 is 11.6 Å². The summed E-state index contributed by atoms with van der Waals surface area (Å²) < 4.78 is 5.40. The molecule has 1 aromatic carbocycles. The van der Waals surface area contributed by atoms with Crippen molar-refractivity contribution in [3.05, 3.63) is 35.9 Å². The normalized spacial score (nSPS) is 18.1. The Kier molecular flexibility index (Phi) is 8.03. The lowest BCUT2D eigenvalue weighted by Gasteiger charge is -2.36. The van der Waals surface area contributed by atoms with E-state index in [0.717, 1.165) is 25.7 Å². The fraction of sp³-hybridized carbons (Fsp3) is 0.611. The number of halogens is 1. The number of nitrogens with zero attached hydrogens (tertiary/aromatic N) is 1. The van der Waals surface area contributed by atoms with E-state index in [-0.39, 0.29) is 18.3 Å². The molecule has 23 heavy (non-hydrogen) atoms. The Morgan fingerprint density at radius 3 is 2.39 bits per heavy atom. The maximum atomic E-state index is 12.7. The first-order valence-corrected chi connectivity index (χ1v) is 8.15. The van der Waals surface area contributed by atoms with Crippen molar-refractivity contribution in [2.75, 3.05) is 27.2 Å². The second-order valence-corrected chi connectivity index (χ2v) is 6.41. The zero-order chi connectivity index (χ0) is 16.0. The van der Waals surface area contributed by atoms with Gasteiger partial charge in [-0.25, -0.2) is 4.79 Å². The monoisotopic (exact) mass is 341 g/mol. The lowest BCUT2D eigenvalue weighted by molar-refractivity contribution is -0.175. The van der Waals surface area contributed by atoms with Crippen molar-refractivity contribution >= 4 is 18.4 Å². The highest BCUT2D eigenvalue weighted by Crippen LogP contribution is 2.40. The smallest absolute Gasteiger partial charge is 0.343 e. The summed E-state index contributed by atoms with van der Waals surface area (Å²) in [6.07, 6.45) is 5.04. The molecule has 1 saturated carbocycles. The van der Waals surface area contributed by atoms with Crippen molar-refractivity contribution in [2.24, 2.45) is 5.92 Å². The molecule has 0 radical (unpaired) electrons.